The maximum Gasteiger partial charge on any atom is 0.193 e. The van der Waals surface area contributed by atoms with Gasteiger partial charge in [0.15, 0.2) is 5.96 Å². The molecule has 3 rings (SSSR count). The van der Waals surface area contributed by atoms with Crippen LogP contribution in [0.4, 0.5) is 0 Å². The molecule has 28 heavy (non-hydrogen) atoms. The zero-order valence-corrected chi connectivity index (χ0v) is 18.4. The van der Waals surface area contributed by atoms with Crippen molar-refractivity contribution in [3.8, 4) is 0 Å². The van der Waals surface area contributed by atoms with Crippen molar-refractivity contribution in [1.29, 1.82) is 0 Å². The number of guanidine groups is 1. The third-order valence-electron chi connectivity index (χ3n) is 6.80. The predicted octanol–water partition coefficient (Wildman–Crippen LogP) is 3.66. The molecule has 1 aliphatic carbocycles. The van der Waals surface area contributed by atoms with Gasteiger partial charge in [-0.1, -0.05) is 25.7 Å². The predicted molar refractivity (Wildman–Crippen MR) is 115 cm³/mol. The minimum absolute atomic E-state index is 0.517. The van der Waals surface area contributed by atoms with E-state index in [2.05, 4.69) is 38.8 Å². The highest BCUT2D eigenvalue weighted by molar-refractivity contribution is 5.80. The number of piperidine rings is 1. The first-order valence-electron chi connectivity index (χ1n) is 11.1. The number of hydrogen-bond acceptors (Lipinski definition) is 3. The summed E-state index contributed by atoms with van der Waals surface area (Å²) in [5.74, 6) is 1.05. The van der Waals surface area contributed by atoms with Gasteiger partial charge in [0, 0.05) is 45.0 Å². The molecule has 0 radical (unpaired) electrons. The molecule has 0 bridgehead atoms. The lowest BCUT2D eigenvalue weighted by molar-refractivity contribution is 0.115. The van der Waals surface area contributed by atoms with E-state index in [1.54, 1.807) is 7.11 Å². The number of ether oxygens (including phenoxy) is 1. The Balaban J connectivity index is 1.64. The summed E-state index contributed by atoms with van der Waals surface area (Å²) in [5.41, 5.74) is 4.11. The van der Waals surface area contributed by atoms with Gasteiger partial charge in [-0.2, -0.15) is 5.10 Å². The van der Waals surface area contributed by atoms with Gasteiger partial charge < -0.3 is 15.0 Å². The maximum absolute atomic E-state index is 5.21. The number of aromatic nitrogens is 2. The molecule has 1 saturated heterocycles. The van der Waals surface area contributed by atoms with Crippen molar-refractivity contribution in [1.82, 2.24) is 20.0 Å². The summed E-state index contributed by atoms with van der Waals surface area (Å²) in [4.78, 5) is 7.14. The SMILES string of the molecule is CN=C(NCc1c(C)nn(CCOC)c1C)N1CCCC2(CCCCCC2)C1. The molecule has 1 aliphatic heterocycles. The highest BCUT2D eigenvalue weighted by Gasteiger charge is 2.36. The average molecular weight is 390 g/mol. The first kappa shape index (κ1) is 21.2. The Hall–Kier alpha value is -1.56. The molecule has 1 saturated carbocycles. The largest absolute Gasteiger partial charge is 0.383 e. The Kier molecular flexibility index (Phi) is 7.38. The standard InChI is InChI=1S/C22H39N5O/c1-18-20(19(2)27(25-18)14-15-28-4)16-24-21(23-3)26-13-9-12-22(17-26)10-7-5-6-8-11-22/h5-17H2,1-4H3,(H,23,24). The molecule has 6 heteroatoms. The van der Waals surface area contributed by atoms with Crippen LogP contribution in [-0.4, -0.2) is 54.5 Å². The van der Waals surface area contributed by atoms with Crippen molar-refractivity contribution >= 4 is 5.96 Å². The van der Waals surface area contributed by atoms with E-state index >= 15 is 0 Å². The second kappa shape index (κ2) is 9.77. The smallest absolute Gasteiger partial charge is 0.193 e. The van der Waals surface area contributed by atoms with Crippen molar-refractivity contribution in [3.63, 3.8) is 0 Å². The molecule has 0 atom stereocenters. The summed E-state index contributed by atoms with van der Waals surface area (Å²) < 4.78 is 7.26. The fourth-order valence-corrected chi connectivity index (χ4v) is 5.16. The van der Waals surface area contributed by atoms with Gasteiger partial charge >= 0.3 is 0 Å². The lowest BCUT2D eigenvalue weighted by Crippen LogP contribution is -2.50. The van der Waals surface area contributed by atoms with Crippen LogP contribution in [0.3, 0.4) is 0 Å². The van der Waals surface area contributed by atoms with Crippen molar-refractivity contribution < 1.29 is 4.74 Å². The number of methoxy groups -OCH3 is 1. The third-order valence-corrected chi connectivity index (χ3v) is 6.80. The average Bonchev–Trinajstić information content (AvgIpc) is 2.85. The second-order valence-electron chi connectivity index (χ2n) is 8.71. The quantitative estimate of drug-likeness (QED) is 0.617. The Labute approximate surface area is 170 Å². The lowest BCUT2D eigenvalue weighted by atomic mass is 9.74. The first-order chi connectivity index (χ1) is 13.6. The summed E-state index contributed by atoms with van der Waals surface area (Å²) in [7, 11) is 3.65. The molecule has 2 heterocycles. The molecule has 1 spiro atoms. The van der Waals surface area contributed by atoms with Crippen LogP contribution in [0.5, 0.6) is 0 Å². The molecular weight excluding hydrogens is 350 g/mol. The van der Waals surface area contributed by atoms with E-state index in [1.807, 2.05) is 7.05 Å². The highest BCUT2D eigenvalue weighted by Crippen LogP contribution is 2.42. The molecule has 1 N–H and O–H groups in total. The van der Waals surface area contributed by atoms with Crippen molar-refractivity contribution in [2.75, 3.05) is 33.9 Å². The molecule has 1 aromatic heterocycles. The molecular formula is C22H39N5O. The van der Waals surface area contributed by atoms with Gasteiger partial charge in [-0.25, -0.2) is 0 Å². The number of rotatable bonds is 5. The molecule has 0 unspecified atom stereocenters. The van der Waals surface area contributed by atoms with Gasteiger partial charge in [-0.05, 0) is 44.9 Å². The Bertz CT molecular complexity index is 658. The molecule has 0 aromatic carbocycles. The topological polar surface area (TPSA) is 54.7 Å². The van der Waals surface area contributed by atoms with Crippen LogP contribution in [0.1, 0.15) is 68.3 Å². The van der Waals surface area contributed by atoms with Gasteiger partial charge in [-0.15, -0.1) is 0 Å². The summed E-state index contributed by atoms with van der Waals surface area (Å²) in [5, 5.41) is 8.32. The van der Waals surface area contributed by atoms with E-state index in [0.29, 0.717) is 12.0 Å². The number of nitrogens with one attached hydrogen (secondary N) is 1. The summed E-state index contributed by atoms with van der Waals surface area (Å²) in [6.45, 7) is 8.79. The second-order valence-corrected chi connectivity index (χ2v) is 8.71. The number of aliphatic imine (C=N–C) groups is 1. The zero-order valence-electron chi connectivity index (χ0n) is 18.4. The minimum atomic E-state index is 0.517. The Morgan fingerprint density at radius 3 is 2.54 bits per heavy atom. The molecule has 2 fully saturated rings. The van der Waals surface area contributed by atoms with Crippen LogP contribution in [0.25, 0.3) is 0 Å². The molecule has 158 valence electrons. The normalized spacial score (nSPS) is 20.4. The first-order valence-corrected chi connectivity index (χ1v) is 11.1. The zero-order chi connectivity index (χ0) is 20.0. The Morgan fingerprint density at radius 2 is 1.86 bits per heavy atom. The van der Waals surface area contributed by atoms with E-state index in [1.165, 1.54) is 62.6 Å². The van der Waals surface area contributed by atoms with Gasteiger partial charge in [0.25, 0.3) is 0 Å². The van der Waals surface area contributed by atoms with Crippen molar-refractivity contribution in [2.24, 2.45) is 10.4 Å². The van der Waals surface area contributed by atoms with Crippen LogP contribution >= 0.6 is 0 Å². The van der Waals surface area contributed by atoms with E-state index in [0.717, 1.165) is 37.8 Å². The van der Waals surface area contributed by atoms with Gasteiger partial charge in [-0.3, -0.25) is 9.67 Å². The van der Waals surface area contributed by atoms with Crippen molar-refractivity contribution in [2.45, 2.75) is 78.3 Å². The number of likely N-dealkylation sites (tertiary alicyclic amines) is 1. The Morgan fingerprint density at radius 1 is 1.14 bits per heavy atom. The summed E-state index contributed by atoms with van der Waals surface area (Å²) >= 11 is 0. The maximum atomic E-state index is 5.21. The van der Waals surface area contributed by atoms with Gasteiger partial charge in [0.2, 0.25) is 0 Å². The summed E-state index contributed by atoms with van der Waals surface area (Å²) in [6, 6.07) is 0. The highest BCUT2D eigenvalue weighted by atomic mass is 16.5. The number of hydrogen-bond donors (Lipinski definition) is 1. The van der Waals surface area contributed by atoms with Crippen LogP contribution < -0.4 is 5.32 Å². The molecule has 0 amide bonds. The minimum Gasteiger partial charge on any atom is -0.383 e. The van der Waals surface area contributed by atoms with Gasteiger partial charge in [0.1, 0.15) is 0 Å². The van der Waals surface area contributed by atoms with Crippen LogP contribution in [0.15, 0.2) is 4.99 Å². The van der Waals surface area contributed by atoms with Crippen LogP contribution in [0, 0.1) is 19.3 Å². The molecule has 1 aromatic rings. The lowest BCUT2D eigenvalue weighted by Gasteiger charge is -2.44. The van der Waals surface area contributed by atoms with Crippen LogP contribution in [0.2, 0.25) is 0 Å². The third kappa shape index (κ3) is 4.88. The van der Waals surface area contributed by atoms with E-state index in [4.69, 9.17) is 4.74 Å². The monoisotopic (exact) mass is 389 g/mol. The fourth-order valence-electron chi connectivity index (χ4n) is 5.16. The number of aryl methyl sites for hydroxylation is 1. The van der Waals surface area contributed by atoms with E-state index < -0.39 is 0 Å². The van der Waals surface area contributed by atoms with Crippen molar-refractivity contribution in [3.05, 3.63) is 17.0 Å². The molecule has 6 nitrogen and oxygen atoms in total. The number of nitrogens with zero attached hydrogens (tertiary/aromatic N) is 4. The van der Waals surface area contributed by atoms with E-state index in [-0.39, 0.29) is 0 Å². The fraction of sp³-hybridized carbons (Fsp3) is 0.818. The summed E-state index contributed by atoms with van der Waals surface area (Å²) in [6.07, 6.45) is 11.1. The molecule has 2 aliphatic rings. The van der Waals surface area contributed by atoms with Crippen LogP contribution in [-0.2, 0) is 17.8 Å². The van der Waals surface area contributed by atoms with Gasteiger partial charge in [0.05, 0.1) is 18.8 Å². The van der Waals surface area contributed by atoms with E-state index in [9.17, 15) is 0 Å².